The lowest BCUT2D eigenvalue weighted by Gasteiger charge is -2.19. The monoisotopic (exact) mass is 477 g/mol. The van der Waals surface area contributed by atoms with Gasteiger partial charge in [0.2, 0.25) is 0 Å². The van der Waals surface area contributed by atoms with Crippen LogP contribution in [0.15, 0.2) is 78.9 Å². The Balaban J connectivity index is 1.71. The van der Waals surface area contributed by atoms with Crippen LogP contribution in [0.5, 0.6) is 5.75 Å². The third-order valence-electron chi connectivity index (χ3n) is 5.21. The molecule has 0 aliphatic carbocycles. The number of para-hydroxylation sites is 1. The molecular weight excluding hydrogens is 460 g/mol. The van der Waals surface area contributed by atoms with E-state index in [0.717, 1.165) is 11.6 Å². The molecule has 176 valence electrons. The molecule has 0 aliphatic rings. The zero-order valence-corrected chi connectivity index (χ0v) is 17.4. The first kappa shape index (κ1) is 23.6. The highest BCUT2D eigenvalue weighted by molar-refractivity contribution is 5.86. The van der Waals surface area contributed by atoms with Gasteiger partial charge < -0.3 is 9.84 Å². The van der Waals surface area contributed by atoms with E-state index in [4.69, 9.17) is 4.74 Å². The van der Waals surface area contributed by atoms with Gasteiger partial charge in [-0.1, -0.05) is 54.6 Å². The summed E-state index contributed by atoms with van der Waals surface area (Å²) in [5, 5.41) is 10.6. The fourth-order valence-electron chi connectivity index (χ4n) is 3.54. The highest BCUT2D eigenvalue weighted by Gasteiger charge is 2.38. The minimum absolute atomic E-state index is 0.185. The van der Waals surface area contributed by atoms with E-state index < -0.39 is 35.2 Å². The molecule has 1 aromatic heterocycles. The second-order valence-corrected chi connectivity index (χ2v) is 7.54. The van der Waals surface area contributed by atoms with Crippen molar-refractivity contribution in [3.05, 3.63) is 107 Å². The van der Waals surface area contributed by atoms with Gasteiger partial charge in [0.1, 0.15) is 24.2 Å². The molecule has 0 saturated carbocycles. The Morgan fingerprint density at radius 3 is 2.09 bits per heavy atom. The number of benzene rings is 3. The summed E-state index contributed by atoms with van der Waals surface area (Å²) in [6.07, 6.45) is -11.6. The average molecular weight is 477 g/mol. The molecule has 0 bridgehead atoms. The van der Waals surface area contributed by atoms with Crippen LogP contribution in [0, 0.1) is 0 Å². The highest BCUT2D eigenvalue weighted by Crippen LogP contribution is 2.40. The summed E-state index contributed by atoms with van der Waals surface area (Å²) >= 11 is 0. The minimum atomic E-state index is -5.00. The molecule has 1 heterocycles. The molecule has 0 fully saturated rings. The van der Waals surface area contributed by atoms with Gasteiger partial charge in [-0.3, -0.25) is 0 Å². The third kappa shape index (κ3) is 4.99. The summed E-state index contributed by atoms with van der Waals surface area (Å²) in [4.78, 5) is 3.24. The maximum Gasteiger partial charge on any atom is 0.433 e. The predicted molar refractivity (Wildman–Crippen MR) is 113 cm³/mol. The fourth-order valence-corrected chi connectivity index (χ4v) is 3.54. The number of hydrogen-bond donors (Lipinski definition) is 1. The normalized spacial score (nSPS) is 13.1. The number of alkyl halides is 6. The molecule has 0 aliphatic heterocycles. The molecule has 34 heavy (non-hydrogen) atoms. The molecule has 0 spiro atoms. The second kappa shape index (κ2) is 8.98. The highest BCUT2D eigenvalue weighted by atomic mass is 19.4. The largest absolute Gasteiger partial charge is 0.489 e. The van der Waals surface area contributed by atoms with Crippen molar-refractivity contribution in [2.75, 3.05) is 0 Å². The first-order valence-electron chi connectivity index (χ1n) is 10.1. The lowest BCUT2D eigenvalue weighted by Crippen LogP contribution is -2.14. The van der Waals surface area contributed by atoms with Crippen LogP contribution in [0.3, 0.4) is 0 Å². The van der Waals surface area contributed by atoms with E-state index in [9.17, 15) is 31.4 Å². The summed E-state index contributed by atoms with van der Waals surface area (Å²) < 4.78 is 86.3. The van der Waals surface area contributed by atoms with Gasteiger partial charge in [0.05, 0.1) is 11.1 Å². The van der Waals surface area contributed by atoms with Crippen LogP contribution in [0.2, 0.25) is 0 Å². The van der Waals surface area contributed by atoms with E-state index in [1.807, 2.05) is 30.3 Å². The number of ether oxygens (including phenoxy) is 1. The number of nitrogens with zero attached hydrogens (tertiary/aromatic N) is 1. The predicted octanol–water partition coefficient (Wildman–Crippen LogP) is 6.93. The molecule has 0 saturated heterocycles. The number of aromatic nitrogens is 1. The minimum Gasteiger partial charge on any atom is -0.489 e. The van der Waals surface area contributed by atoms with Crippen LogP contribution in [-0.4, -0.2) is 10.1 Å². The Hall–Kier alpha value is -3.59. The van der Waals surface area contributed by atoms with Crippen molar-refractivity contribution in [2.45, 2.75) is 25.1 Å². The standard InChI is InChI=1S/C25H17F6NO2/c26-24(27,28)20-8-4-7-18-19(13-21(25(29,30)31)32-22(18)20)23(33)16-9-11-17(12-10-16)34-14-15-5-2-1-3-6-15/h1-13,23,33H,14H2. The molecule has 1 atom stereocenters. The molecule has 0 radical (unpaired) electrons. The SMILES string of the molecule is OC(c1ccc(OCc2ccccc2)cc1)c1cc(C(F)(F)F)nc2c(C(F)(F)F)cccc12. The Morgan fingerprint density at radius 2 is 1.47 bits per heavy atom. The van der Waals surface area contributed by atoms with Crippen molar-refractivity contribution in [3.8, 4) is 5.75 Å². The van der Waals surface area contributed by atoms with Crippen LogP contribution in [-0.2, 0) is 19.0 Å². The number of halogens is 6. The number of rotatable bonds is 5. The van der Waals surface area contributed by atoms with Crippen LogP contribution in [0.4, 0.5) is 26.3 Å². The van der Waals surface area contributed by atoms with Gasteiger partial charge in [0, 0.05) is 5.39 Å². The molecule has 3 nitrogen and oxygen atoms in total. The van der Waals surface area contributed by atoms with Crippen molar-refractivity contribution in [3.63, 3.8) is 0 Å². The van der Waals surface area contributed by atoms with Crippen molar-refractivity contribution in [2.24, 2.45) is 0 Å². The van der Waals surface area contributed by atoms with Gasteiger partial charge in [-0.25, -0.2) is 4.98 Å². The molecule has 4 rings (SSSR count). The third-order valence-corrected chi connectivity index (χ3v) is 5.21. The summed E-state index contributed by atoms with van der Waals surface area (Å²) in [6.45, 7) is 0.285. The molecular formula is C25H17F6NO2. The van der Waals surface area contributed by atoms with Crippen LogP contribution in [0.1, 0.15) is 34.1 Å². The average Bonchev–Trinajstić information content (AvgIpc) is 2.81. The van der Waals surface area contributed by atoms with E-state index in [1.165, 1.54) is 30.3 Å². The number of aliphatic hydroxyl groups is 1. The molecule has 1 unspecified atom stereocenters. The molecule has 4 aromatic rings. The van der Waals surface area contributed by atoms with Crippen molar-refractivity contribution < 1.29 is 36.2 Å². The summed E-state index contributed by atoms with van der Waals surface area (Å²) in [6, 6.07) is 18.8. The zero-order chi connectivity index (χ0) is 24.5. The summed E-state index contributed by atoms with van der Waals surface area (Å²) in [5.74, 6) is 0.453. The van der Waals surface area contributed by atoms with Crippen LogP contribution >= 0.6 is 0 Å². The van der Waals surface area contributed by atoms with Gasteiger partial charge in [-0.05, 0) is 41.0 Å². The molecule has 3 aromatic carbocycles. The summed E-state index contributed by atoms with van der Waals surface area (Å²) in [5.41, 5.74) is -2.93. The smallest absolute Gasteiger partial charge is 0.433 e. The Morgan fingerprint density at radius 1 is 0.794 bits per heavy atom. The van der Waals surface area contributed by atoms with Crippen molar-refractivity contribution in [1.29, 1.82) is 0 Å². The van der Waals surface area contributed by atoms with E-state index >= 15 is 0 Å². The Kier molecular flexibility index (Phi) is 6.22. The van der Waals surface area contributed by atoms with Gasteiger partial charge >= 0.3 is 12.4 Å². The van der Waals surface area contributed by atoms with Crippen molar-refractivity contribution in [1.82, 2.24) is 4.98 Å². The van der Waals surface area contributed by atoms with E-state index in [2.05, 4.69) is 4.98 Å². The topological polar surface area (TPSA) is 42.4 Å². The van der Waals surface area contributed by atoms with E-state index in [1.54, 1.807) is 0 Å². The number of hydrogen-bond acceptors (Lipinski definition) is 3. The quantitative estimate of drug-likeness (QED) is 0.317. The first-order valence-corrected chi connectivity index (χ1v) is 10.1. The first-order chi connectivity index (χ1) is 16.0. The van der Waals surface area contributed by atoms with E-state index in [-0.39, 0.29) is 23.1 Å². The Labute approximate surface area is 190 Å². The zero-order valence-electron chi connectivity index (χ0n) is 17.4. The van der Waals surface area contributed by atoms with Gasteiger partial charge in [-0.15, -0.1) is 0 Å². The number of fused-ring (bicyclic) bond motifs is 1. The van der Waals surface area contributed by atoms with Gasteiger partial charge in [0.15, 0.2) is 0 Å². The fraction of sp³-hybridized carbons (Fsp3) is 0.160. The second-order valence-electron chi connectivity index (χ2n) is 7.54. The Bertz CT molecular complexity index is 1290. The maximum absolute atomic E-state index is 13.4. The van der Waals surface area contributed by atoms with Crippen LogP contribution in [0.25, 0.3) is 10.9 Å². The number of pyridine rings is 1. The summed E-state index contributed by atoms with van der Waals surface area (Å²) in [7, 11) is 0. The lowest BCUT2D eigenvalue weighted by molar-refractivity contribution is -0.142. The maximum atomic E-state index is 13.4. The lowest BCUT2D eigenvalue weighted by atomic mass is 9.95. The molecule has 1 N–H and O–H groups in total. The van der Waals surface area contributed by atoms with Crippen LogP contribution < -0.4 is 4.74 Å². The van der Waals surface area contributed by atoms with Crippen molar-refractivity contribution >= 4 is 10.9 Å². The molecule has 9 heteroatoms. The number of aliphatic hydroxyl groups excluding tert-OH is 1. The van der Waals surface area contributed by atoms with Gasteiger partial charge in [-0.2, -0.15) is 26.3 Å². The van der Waals surface area contributed by atoms with E-state index in [0.29, 0.717) is 17.9 Å². The molecule has 0 amide bonds. The van der Waals surface area contributed by atoms with Gasteiger partial charge in [0.25, 0.3) is 0 Å².